The third-order valence-corrected chi connectivity index (χ3v) is 7.61. The Kier molecular flexibility index (Phi) is 10.1. The molecule has 1 saturated heterocycles. The van der Waals surface area contributed by atoms with Crippen LogP contribution in [-0.2, 0) is 20.0 Å². The van der Waals surface area contributed by atoms with E-state index in [2.05, 4.69) is 19.9 Å². The monoisotopic (exact) mass is 514 g/mol. The van der Waals surface area contributed by atoms with Crippen molar-refractivity contribution < 1.29 is 27.8 Å². The van der Waals surface area contributed by atoms with Crippen molar-refractivity contribution in [3.05, 3.63) is 101 Å². The third-order valence-electron chi connectivity index (χ3n) is 6.02. The van der Waals surface area contributed by atoms with Gasteiger partial charge in [0.05, 0.1) is 18.5 Å². The molecule has 2 aromatic carbocycles. The first-order valence-corrected chi connectivity index (χ1v) is 14.0. The lowest BCUT2D eigenvalue weighted by Gasteiger charge is -2.30. The van der Waals surface area contributed by atoms with Gasteiger partial charge in [0.15, 0.2) is 6.35 Å². The van der Waals surface area contributed by atoms with Gasteiger partial charge in [0.1, 0.15) is 11.6 Å². The highest BCUT2D eigenvalue weighted by molar-refractivity contribution is 7.53. The zero-order valence-electron chi connectivity index (χ0n) is 21.4. The number of aliphatic hydroxyl groups excluding tert-OH is 1. The zero-order chi connectivity index (χ0) is 26.1. The van der Waals surface area contributed by atoms with Crippen LogP contribution in [0.1, 0.15) is 56.4 Å². The van der Waals surface area contributed by atoms with Crippen molar-refractivity contribution in [3.63, 3.8) is 0 Å². The van der Waals surface area contributed by atoms with E-state index >= 15 is 0 Å². The number of rotatable bonds is 10. The molecule has 1 N–H and O–H groups in total. The van der Waals surface area contributed by atoms with Crippen LogP contribution in [-0.4, -0.2) is 18.1 Å². The molecule has 0 aliphatic carbocycles. The fourth-order valence-electron chi connectivity index (χ4n) is 4.00. The summed E-state index contributed by atoms with van der Waals surface area (Å²) in [6.45, 7) is 8.31. The van der Waals surface area contributed by atoms with Gasteiger partial charge in [0, 0.05) is 12.8 Å². The van der Waals surface area contributed by atoms with E-state index in [1.165, 1.54) is 12.1 Å². The fourth-order valence-corrected chi connectivity index (χ4v) is 5.50. The minimum absolute atomic E-state index is 0.217. The van der Waals surface area contributed by atoms with Gasteiger partial charge in [-0.1, -0.05) is 56.4 Å². The maximum Gasteiger partial charge on any atom is 0.368 e. The summed E-state index contributed by atoms with van der Waals surface area (Å²) < 4.78 is 43.6. The highest BCUT2D eigenvalue weighted by Crippen LogP contribution is 2.56. The van der Waals surface area contributed by atoms with Crippen molar-refractivity contribution in [2.75, 3.05) is 13.0 Å². The molecule has 5 nitrogen and oxygen atoms in total. The van der Waals surface area contributed by atoms with Crippen molar-refractivity contribution >= 4 is 7.60 Å². The third kappa shape index (κ3) is 7.92. The average molecular weight is 515 g/mol. The van der Waals surface area contributed by atoms with Crippen LogP contribution in [0, 0.1) is 18.7 Å². The Hall–Kier alpha value is -2.66. The highest BCUT2D eigenvalue weighted by atomic mass is 31.2. The molecule has 3 rings (SSSR count). The Morgan fingerprint density at radius 3 is 2.75 bits per heavy atom. The molecular weight excluding hydrogens is 478 g/mol. The number of hydrogen-bond donors (Lipinski definition) is 1. The van der Waals surface area contributed by atoms with Gasteiger partial charge in [-0.15, -0.1) is 0 Å². The van der Waals surface area contributed by atoms with Crippen LogP contribution in [0.3, 0.4) is 0 Å². The number of allylic oxidation sites excluding steroid dienone is 5. The van der Waals surface area contributed by atoms with Crippen LogP contribution in [0.15, 0.2) is 78.1 Å². The molecule has 194 valence electrons. The molecule has 0 saturated carbocycles. The lowest BCUT2D eigenvalue weighted by molar-refractivity contribution is 0.0723. The van der Waals surface area contributed by atoms with Crippen molar-refractivity contribution in [1.29, 1.82) is 0 Å². The summed E-state index contributed by atoms with van der Waals surface area (Å²) in [5.74, 6) is 0.820. The SMILES string of the molecule is CC=CC/C(O)=C(\C=C\Cc1ccc(OCP2(=O)OCCC(c3cccc(F)c3)O2)cc1C)C(C)C. The smallest absolute Gasteiger partial charge is 0.368 e. The molecule has 1 aliphatic rings. The number of benzene rings is 2. The topological polar surface area (TPSA) is 65.0 Å². The van der Waals surface area contributed by atoms with Gasteiger partial charge in [-0.3, -0.25) is 9.09 Å². The fraction of sp³-hybridized carbons (Fsp3) is 0.379. The highest BCUT2D eigenvalue weighted by Gasteiger charge is 2.35. The summed E-state index contributed by atoms with van der Waals surface area (Å²) in [6, 6.07) is 11.8. The Labute approximate surface area is 213 Å². The number of ether oxygens (including phenoxy) is 1. The van der Waals surface area contributed by atoms with E-state index in [0.29, 0.717) is 36.3 Å². The molecule has 7 heteroatoms. The molecular formula is C29H36FO5P. The number of aliphatic hydroxyl groups is 1. The summed E-state index contributed by atoms with van der Waals surface area (Å²) in [5.41, 5.74) is 3.72. The van der Waals surface area contributed by atoms with Crippen molar-refractivity contribution in [3.8, 4) is 5.75 Å². The van der Waals surface area contributed by atoms with E-state index in [1.54, 1.807) is 12.1 Å². The maximum absolute atomic E-state index is 13.6. The molecule has 2 aromatic rings. The molecule has 1 heterocycles. The van der Waals surface area contributed by atoms with Crippen molar-refractivity contribution in [2.45, 2.75) is 53.1 Å². The van der Waals surface area contributed by atoms with Gasteiger partial charge in [-0.05, 0) is 72.7 Å². The van der Waals surface area contributed by atoms with Gasteiger partial charge in [0.2, 0.25) is 0 Å². The second kappa shape index (κ2) is 13.0. The maximum atomic E-state index is 13.6. The minimum atomic E-state index is -3.49. The molecule has 0 aromatic heterocycles. The summed E-state index contributed by atoms with van der Waals surface area (Å²) in [7, 11) is -3.49. The van der Waals surface area contributed by atoms with Crippen molar-refractivity contribution in [1.82, 2.24) is 0 Å². The molecule has 0 radical (unpaired) electrons. The molecule has 0 amide bonds. The van der Waals surface area contributed by atoms with Gasteiger partial charge in [0.25, 0.3) is 0 Å². The first-order chi connectivity index (χ1) is 17.2. The molecule has 2 unspecified atom stereocenters. The van der Waals surface area contributed by atoms with Gasteiger partial charge in [-0.25, -0.2) is 4.39 Å². The second-order valence-electron chi connectivity index (χ2n) is 9.18. The predicted molar refractivity (Wildman–Crippen MR) is 142 cm³/mol. The Morgan fingerprint density at radius 2 is 2.06 bits per heavy atom. The lowest BCUT2D eigenvalue weighted by atomic mass is 9.98. The van der Waals surface area contributed by atoms with Crippen LogP contribution in [0.2, 0.25) is 0 Å². The molecule has 0 bridgehead atoms. The van der Waals surface area contributed by atoms with Crippen molar-refractivity contribution in [2.24, 2.45) is 5.92 Å². The molecule has 36 heavy (non-hydrogen) atoms. The van der Waals surface area contributed by atoms with Crippen LogP contribution in [0.5, 0.6) is 5.75 Å². The Bertz CT molecular complexity index is 1170. The van der Waals surface area contributed by atoms with Crippen LogP contribution < -0.4 is 4.74 Å². The Morgan fingerprint density at radius 1 is 1.25 bits per heavy atom. The van der Waals surface area contributed by atoms with E-state index < -0.39 is 13.7 Å². The van der Waals surface area contributed by atoms with Gasteiger partial charge in [-0.2, -0.15) is 0 Å². The first kappa shape index (κ1) is 27.9. The normalized spacial score (nSPS) is 21.3. The molecule has 2 atom stereocenters. The van der Waals surface area contributed by atoms with E-state index in [1.807, 2.05) is 50.3 Å². The minimum Gasteiger partial charge on any atom is -0.512 e. The predicted octanol–water partition coefficient (Wildman–Crippen LogP) is 8.37. The first-order valence-electron chi connectivity index (χ1n) is 12.3. The van der Waals surface area contributed by atoms with E-state index in [9.17, 15) is 14.1 Å². The van der Waals surface area contributed by atoms with Crippen LogP contribution >= 0.6 is 7.60 Å². The van der Waals surface area contributed by atoms with E-state index in [-0.39, 0.29) is 24.7 Å². The molecule has 0 spiro atoms. The second-order valence-corrected chi connectivity index (χ2v) is 11.1. The standard InChI is InChI=1S/C29H36FO5P/c1-5-6-13-28(31)27(21(2)3)12-8-9-23-14-15-26(18-22(23)4)33-20-36(32)34-17-16-29(35-36)24-10-7-11-25(30)19-24/h5-8,10-12,14-15,18-19,21,29,31H,9,13,16-17,20H2,1-4H3/b6-5?,12-8+,28-27-. The number of aryl methyl sites for hydroxylation is 1. The lowest BCUT2D eigenvalue weighted by Crippen LogP contribution is -2.17. The summed E-state index contributed by atoms with van der Waals surface area (Å²) in [4.78, 5) is 0. The summed E-state index contributed by atoms with van der Waals surface area (Å²) in [5, 5.41) is 10.4. The largest absolute Gasteiger partial charge is 0.512 e. The summed E-state index contributed by atoms with van der Waals surface area (Å²) in [6.07, 6.45) is 8.93. The van der Waals surface area contributed by atoms with Gasteiger partial charge >= 0.3 is 7.60 Å². The quantitative estimate of drug-likeness (QED) is 0.149. The van der Waals surface area contributed by atoms with Crippen LogP contribution in [0.25, 0.3) is 0 Å². The van der Waals surface area contributed by atoms with E-state index in [4.69, 9.17) is 13.8 Å². The number of hydrogen-bond acceptors (Lipinski definition) is 5. The number of halogens is 1. The molecule has 1 fully saturated rings. The van der Waals surface area contributed by atoms with E-state index in [0.717, 1.165) is 16.7 Å². The Balaban J connectivity index is 1.61. The molecule has 1 aliphatic heterocycles. The average Bonchev–Trinajstić information content (AvgIpc) is 2.85. The summed E-state index contributed by atoms with van der Waals surface area (Å²) >= 11 is 0. The zero-order valence-corrected chi connectivity index (χ0v) is 22.3. The van der Waals surface area contributed by atoms with Crippen LogP contribution in [0.4, 0.5) is 4.39 Å². The van der Waals surface area contributed by atoms with Gasteiger partial charge < -0.3 is 14.4 Å².